The molecule has 0 fully saturated rings. The Balaban J connectivity index is 1.98. The highest BCUT2D eigenvalue weighted by Gasteiger charge is 2.27. The first-order valence-electron chi connectivity index (χ1n) is 7.23. The van der Waals surface area contributed by atoms with Crippen molar-refractivity contribution in [2.45, 2.75) is 13.3 Å². The molecule has 0 saturated heterocycles. The van der Waals surface area contributed by atoms with Crippen LogP contribution >= 0.6 is 39.1 Å². The summed E-state index contributed by atoms with van der Waals surface area (Å²) in [5.41, 5.74) is 2.64. The number of fused-ring (bicyclic) bond motifs is 1. The van der Waals surface area contributed by atoms with Gasteiger partial charge in [0.05, 0.1) is 22.0 Å². The maximum Gasteiger partial charge on any atom is 0.257 e. The highest BCUT2D eigenvalue weighted by Crippen LogP contribution is 2.38. The van der Waals surface area contributed by atoms with Crippen molar-refractivity contribution in [3.8, 4) is 0 Å². The van der Waals surface area contributed by atoms with Gasteiger partial charge in [-0.05, 0) is 42.3 Å². The van der Waals surface area contributed by atoms with Gasteiger partial charge in [-0.2, -0.15) is 0 Å². The molecule has 0 saturated carbocycles. The van der Waals surface area contributed by atoms with Crippen molar-refractivity contribution in [2.75, 3.05) is 16.8 Å². The Morgan fingerprint density at radius 1 is 1.21 bits per heavy atom. The van der Waals surface area contributed by atoms with Crippen molar-refractivity contribution in [1.82, 2.24) is 0 Å². The van der Waals surface area contributed by atoms with E-state index < -0.39 is 0 Å². The van der Waals surface area contributed by atoms with E-state index in [1.807, 2.05) is 6.07 Å². The van der Waals surface area contributed by atoms with Crippen molar-refractivity contribution in [1.29, 1.82) is 0 Å². The predicted octanol–water partition coefficient (Wildman–Crippen LogP) is 4.92. The Labute approximate surface area is 157 Å². The Kier molecular flexibility index (Phi) is 4.85. The zero-order chi connectivity index (χ0) is 17.4. The molecule has 0 unspecified atom stereocenters. The third kappa shape index (κ3) is 3.29. The van der Waals surface area contributed by atoms with Gasteiger partial charge in [0, 0.05) is 23.0 Å². The maximum atomic E-state index is 12.6. The summed E-state index contributed by atoms with van der Waals surface area (Å²) >= 11 is 15.4. The van der Waals surface area contributed by atoms with Gasteiger partial charge in [0.25, 0.3) is 5.91 Å². The number of halogens is 3. The zero-order valence-corrected chi connectivity index (χ0v) is 15.8. The number of rotatable bonds is 2. The minimum atomic E-state index is -0.354. The first-order chi connectivity index (χ1) is 11.4. The van der Waals surface area contributed by atoms with E-state index in [2.05, 4.69) is 21.2 Å². The molecule has 0 aliphatic carbocycles. The van der Waals surface area contributed by atoms with Crippen molar-refractivity contribution in [3.05, 3.63) is 56.0 Å². The van der Waals surface area contributed by atoms with E-state index in [4.69, 9.17) is 23.2 Å². The number of benzene rings is 2. The van der Waals surface area contributed by atoms with Crippen LogP contribution in [0, 0.1) is 0 Å². The van der Waals surface area contributed by atoms with E-state index in [0.717, 1.165) is 22.1 Å². The van der Waals surface area contributed by atoms with Gasteiger partial charge in [-0.3, -0.25) is 9.59 Å². The first kappa shape index (κ1) is 17.3. The molecule has 0 aromatic heterocycles. The van der Waals surface area contributed by atoms with E-state index in [1.165, 1.54) is 13.0 Å². The van der Waals surface area contributed by atoms with Gasteiger partial charge in [0.1, 0.15) is 0 Å². The quantitative estimate of drug-likeness (QED) is 0.739. The fourth-order valence-corrected chi connectivity index (χ4v) is 3.78. The molecule has 3 rings (SSSR count). The third-order valence-corrected chi connectivity index (χ3v) is 4.84. The molecule has 0 radical (unpaired) electrons. The molecule has 2 aromatic carbocycles. The van der Waals surface area contributed by atoms with Crippen molar-refractivity contribution in [3.63, 3.8) is 0 Å². The van der Waals surface area contributed by atoms with Crippen LogP contribution in [0.2, 0.25) is 10.0 Å². The van der Waals surface area contributed by atoms with Gasteiger partial charge < -0.3 is 10.2 Å². The molecule has 2 aromatic rings. The number of hydrogen-bond donors (Lipinski definition) is 1. The van der Waals surface area contributed by atoms with Crippen LogP contribution in [0.3, 0.4) is 0 Å². The summed E-state index contributed by atoms with van der Waals surface area (Å²) in [6.07, 6.45) is 0.749. The Bertz CT molecular complexity index is 855. The van der Waals surface area contributed by atoms with Crippen LogP contribution in [0.15, 0.2) is 34.8 Å². The Morgan fingerprint density at radius 3 is 2.62 bits per heavy atom. The van der Waals surface area contributed by atoms with Gasteiger partial charge in [0.15, 0.2) is 0 Å². The van der Waals surface area contributed by atoms with E-state index in [0.29, 0.717) is 22.8 Å². The summed E-state index contributed by atoms with van der Waals surface area (Å²) in [5.74, 6) is -0.413. The molecule has 124 valence electrons. The minimum Gasteiger partial charge on any atom is -0.320 e. The largest absolute Gasteiger partial charge is 0.320 e. The summed E-state index contributed by atoms with van der Waals surface area (Å²) < 4.78 is 0.837. The number of nitrogens with zero attached hydrogens (tertiary/aromatic N) is 1. The molecule has 2 amide bonds. The zero-order valence-electron chi connectivity index (χ0n) is 12.7. The normalized spacial score (nSPS) is 12.9. The van der Waals surface area contributed by atoms with Gasteiger partial charge in [-0.1, -0.05) is 39.1 Å². The summed E-state index contributed by atoms with van der Waals surface area (Å²) in [5, 5.41) is 3.59. The van der Waals surface area contributed by atoms with E-state index >= 15 is 0 Å². The van der Waals surface area contributed by atoms with Crippen LogP contribution in [0.1, 0.15) is 22.8 Å². The lowest BCUT2D eigenvalue weighted by Crippen LogP contribution is -2.27. The highest BCUT2D eigenvalue weighted by atomic mass is 79.9. The fraction of sp³-hybridized carbons (Fsp3) is 0.176. The molecule has 0 spiro atoms. The van der Waals surface area contributed by atoms with Crippen LogP contribution in [-0.2, 0) is 11.2 Å². The molecule has 1 aliphatic rings. The van der Waals surface area contributed by atoms with Crippen molar-refractivity contribution >= 4 is 62.3 Å². The number of hydrogen-bond acceptors (Lipinski definition) is 2. The number of amides is 2. The second kappa shape index (κ2) is 6.75. The SMILES string of the molecule is CC(=O)N1CCc2cc(Br)cc(NC(=O)c3ccc(Cl)cc3Cl)c21. The number of carbonyl (C=O) groups is 2. The fourth-order valence-electron chi connectivity index (χ4n) is 2.78. The second-order valence-corrected chi connectivity index (χ2v) is 7.22. The number of anilines is 2. The van der Waals surface area contributed by atoms with Crippen LogP contribution in [0.4, 0.5) is 11.4 Å². The first-order valence-corrected chi connectivity index (χ1v) is 8.78. The molecule has 1 N–H and O–H groups in total. The summed E-state index contributed by atoms with van der Waals surface area (Å²) in [6.45, 7) is 2.12. The van der Waals surface area contributed by atoms with Gasteiger partial charge in [0.2, 0.25) is 5.91 Å². The predicted molar refractivity (Wildman–Crippen MR) is 100 cm³/mol. The smallest absolute Gasteiger partial charge is 0.257 e. The molecular formula is C17H13BrCl2N2O2. The van der Waals surface area contributed by atoms with Crippen molar-refractivity contribution < 1.29 is 9.59 Å². The van der Waals surface area contributed by atoms with E-state index in [-0.39, 0.29) is 16.8 Å². The molecule has 0 bridgehead atoms. The summed E-state index contributed by atoms with van der Waals surface area (Å²) in [7, 11) is 0. The monoisotopic (exact) mass is 426 g/mol. The van der Waals surface area contributed by atoms with Crippen LogP contribution in [0.25, 0.3) is 0 Å². The van der Waals surface area contributed by atoms with Gasteiger partial charge in [-0.25, -0.2) is 0 Å². The minimum absolute atomic E-state index is 0.0592. The standard InChI is InChI=1S/C17H13BrCl2N2O2/c1-9(23)22-5-4-10-6-11(18)7-15(16(10)22)21-17(24)13-3-2-12(19)8-14(13)20/h2-3,6-8H,4-5H2,1H3,(H,21,24). The maximum absolute atomic E-state index is 12.6. The molecule has 1 heterocycles. The van der Waals surface area contributed by atoms with Gasteiger partial charge in [-0.15, -0.1) is 0 Å². The molecule has 1 aliphatic heterocycles. The Hall–Kier alpha value is -1.56. The Morgan fingerprint density at radius 2 is 1.96 bits per heavy atom. The van der Waals surface area contributed by atoms with Crippen molar-refractivity contribution in [2.24, 2.45) is 0 Å². The van der Waals surface area contributed by atoms with Crippen LogP contribution in [0.5, 0.6) is 0 Å². The second-order valence-electron chi connectivity index (χ2n) is 5.46. The molecule has 0 atom stereocenters. The third-order valence-electron chi connectivity index (χ3n) is 3.83. The molecular weight excluding hydrogens is 415 g/mol. The van der Waals surface area contributed by atoms with E-state index in [1.54, 1.807) is 23.1 Å². The lowest BCUT2D eigenvalue weighted by Gasteiger charge is -2.19. The molecule has 7 heteroatoms. The highest BCUT2D eigenvalue weighted by molar-refractivity contribution is 9.10. The van der Waals surface area contributed by atoms with Crippen LogP contribution < -0.4 is 10.2 Å². The average Bonchev–Trinajstić information content (AvgIpc) is 2.90. The number of carbonyl (C=O) groups excluding carboxylic acids is 2. The lowest BCUT2D eigenvalue weighted by molar-refractivity contribution is -0.116. The summed E-state index contributed by atoms with van der Waals surface area (Å²) in [4.78, 5) is 26.1. The summed E-state index contributed by atoms with van der Waals surface area (Å²) in [6, 6.07) is 8.44. The van der Waals surface area contributed by atoms with E-state index in [9.17, 15) is 9.59 Å². The molecule has 4 nitrogen and oxygen atoms in total. The molecule has 24 heavy (non-hydrogen) atoms. The van der Waals surface area contributed by atoms with Gasteiger partial charge >= 0.3 is 0 Å². The average molecular weight is 428 g/mol. The number of nitrogens with one attached hydrogen (secondary N) is 1. The lowest BCUT2D eigenvalue weighted by atomic mass is 10.1. The van der Waals surface area contributed by atoms with Crippen LogP contribution in [-0.4, -0.2) is 18.4 Å². The topological polar surface area (TPSA) is 49.4 Å².